The fourth-order valence-corrected chi connectivity index (χ4v) is 1.87. The number of ether oxygens (including phenoxy) is 1. The summed E-state index contributed by atoms with van der Waals surface area (Å²) in [5.74, 6) is 0.760. The van der Waals surface area contributed by atoms with E-state index >= 15 is 0 Å². The van der Waals surface area contributed by atoms with Gasteiger partial charge in [-0.2, -0.15) is 0 Å². The maximum Gasteiger partial charge on any atom is 0.125 e. The predicted molar refractivity (Wildman–Crippen MR) is 74.9 cm³/mol. The Morgan fingerprint density at radius 3 is 2.61 bits per heavy atom. The van der Waals surface area contributed by atoms with Crippen molar-refractivity contribution >= 4 is 0 Å². The van der Waals surface area contributed by atoms with E-state index in [1.807, 2.05) is 45.0 Å². The van der Waals surface area contributed by atoms with Crippen LogP contribution in [0, 0.1) is 0 Å². The quantitative estimate of drug-likeness (QED) is 0.732. The van der Waals surface area contributed by atoms with Crippen LogP contribution in [0.15, 0.2) is 24.3 Å². The Balaban J connectivity index is 2.85. The second kappa shape index (κ2) is 6.76. The molecule has 1 aromatic carbocycles. The average molecular weight is 251 g/mol. The summed E-state index contributed by atoms with van der Waals surface area (Å²) in [7, 11) is 0. The van der Waals surface area contributed by atoms with Crippen molar-refractivity contribution in [1.82, 2.24) is 5.32 Å². The zero-order valence-corrected chi connectivity index (χ0v) is 11.9. The van der Waals surface area contributed by atoms with Crippen LogP contribution in [0.25, 0.3) is 0 Å². The molecule has 0 aliphatic heterocycles. The van der Waals surface area contributed by atoms with Gasteiger partial charge in [0.2, 0.25) is 0 Å². The predicted octanol–water partition coefficient (Wildman–Crippen LogP) is 2.68. The first-order chi connectivity index (χ1) is 8.47. The lowest BCUT2D eigenvalue weighted by molar-refractivity contribution is 0.0527. The summed E-state index contributed by atoms with van der Waals surface area (Å²) in [4.78, 5) is 0. The van der Waals surface area contributed by atoms with Crippen LogP contribution in [0.2, 0.25) is 0 Å². The molecule has 0 saturated heterocycles. The van der Waals surface area contributed by atoms with E-state index in [1.54, 1.807) is 0 Å². The third-order valence-corrected chi connectivity index (χ3v) is 2.73. The molecule has 1 atom stereocenters. The first kappa shape index (κ1) is 15.0. The highest BCUT2D eigenvalue weighted by Gasteiger charge is 2.26. The summed E-state index contributed by atoms with van der Waals surface area (Å²) < 4.78 is 5.75. The Hall–Kier alpha value is -1.06. The standard InChI is InChI=1S/C15H25NO2/c1-5-10-16-11-15(4,17)13-8-6-7-9-14(13)18-12(2)3/h6-9,12,16-17H,5,10-11H2,1-4H3. The van der Waals surface area contributed by atoms with Crippen molar-refractivity contribution in [1.29, 1.82) is 0 Å². The maximum absolute atomic E-state index is 10.6. The van der Waals surface area contributed by atoms with Gasteiger partial charge in [-0.15, -0.1) is 0 Å². The average Bonchev–Trinajstić information content (AvgIpc) is 2.29. The highest BCUT2D eigenvalue weighted by atomic mass is 16.5. The van der Waals surface area contributed by atoms with E-state index in [1.165, 1.54) is 0 Å². The molecule has 0 aliphatic carbocycles. The number of hydrogen-bond donors (Lipinski definition) is 2. The Bertz CT molecular complexity index is 361. The fraction of sp³-hybridized carbons (Fsp3) is 0.600. The molecule has 18 heavy (non-hydrogen) atoms. The number of para-hydroxylation sites is 1. The van der Waals surface area contributed by atoms with Crippen molar-refractivity contribution in [2.45, 2.75) is 45.8 Å². The summed E-state index contributed by atoms with van der Waals surface area (Å²) >= 11 is 0. The van der Waals surface area contributed by atoms with Crippen molar-refractivity contribution in [3.63, 3.8) is 0 Å². The lowest BCUT2D eigenvalue weighted by atomic mass is 9.95. The molecule has 0 saturated carbocycles. The molecule has 0 spiro atoms. The molecule has 0 amide bonds. The highest BCUT2D eigenvalue weighted by Crippen LogP contribution is 2.30. The van der Waals surface area contributed by atoms with Crippen molar-refractivity contribution in [3.05, 3.63) is 29.8 Å². The molecule has 0 aromatic heterocycles. The molecular formula is C15H25NO2. The number of hydrogen-bond acceptors (Lipinski definition) is 3. The van der Waals surface area contributed by atoms with Gasteiger partial charge in [-0.1, -0.05) is 25.1 Å². The monoisotopic (exact) mass is 251 g/mol. The van der Waals surface area contributed by atoms with Gasteiger partial charge in [0, 0.05) is 12.1 Å². The second-order valence-corrected chi connectivity index (χ2v) is 5.11. The minimum atomic E-state index is -0.916. The minimum Gasteiger partial charge on any atom is -0.491 e. The van der Waals surface area contributed by atoms with Gasteiger partial charge in [-0.25, -0.2) is 0 Å². The topological polar surface area (TPSA) is 41.5 Å². The summed E-state index contributed by atoms with van der Waals surface area (Å²) in [6.45, 7) is 9.33. The lowest BCUT2D eigenvalue weighted by Crippen LogP contribution is -2.36. The van der Waals surface area contributed by atoms with Crippen LogP contribution in [0.5, 0.6) is 5.75 Å². The normalized spacial score (nSPS) is 14.6. The van der Waals surface area contributed by atoms with Crippen LogP contribution < -0.4 is 10.1 Å². The zero-order chi connectivity index (χ0) is 13.6. The van der Waals surface area contributed by atoms with Gasteiger partial charge in [0.25, 0.3) is 0 Å². The molecule has 0 aliphatic rings. The smallest absolute Gasteiger partial charge is 0.125 e. The fourth-order valence-electron chi connectivity index (χ4n) is 1.87. The number of nitrogens with one attached hydrogen (secondary N) is 1. The number of rotatable bonds is 7. The molecular weight excluding hydrogens is 226 g/mol. The highest BCUT2D eigenvalue weighted by molar-refractivity contribution is 5.38. The van der Waals surface area contributed by atoms with E-state index in [9.17, 15) is 5.11 Å². The third-order valence-electron chi connectivity index (χ3n) is 2.73. The Kier molecular flexibility index (Phi) is 5.63. The first-order valence-corrected chi connectivity index (χ1v) is 6.66. The van der Waals surface area contributed by atoms with Crippen LogP contribution in [0.3, 0.4) is 0 Å². The van der Waals surface area contributed by atoms with Gasteiger partial charge in [-0.05, 0) is 39.8 Å². The van der Waals surface area contributed by atoms with Gasteiger partial charge < -0.3 is 15.2 Å². The molecule has 0 bridgehead atoms. The Morgan fingerprint density at radius 1 is 1.33 bits per heavy atom. The van der Waals surface area contributed by atoms with E-state index < -0.39 is 5.60 Å². The lowest BCUT2D eigenvalue weighted by Gasteiger charge is -2.27. The molecule has 2 N–H and O–H groups in total. The third kappa shape index (κ3) is 4.31. The van der Waals surface area contributed by atoms with Crippen LogP contribution in [0.1, 0.15) is 39.7 Å². The van der Waals surface area contributed by atoms with E-state index in [-0.39, 0.29) is 6.10 Å². The Morgan fingerprint density at radius 2 is 2.00 bits per heavy atom. The van der Waals surface area contributed by atoms with E-state index in [2.05, 4.69) is 12.2 Å². The van der Waals surface area contributed by atoms with Crippen LogP contribution in [0.4, 0.5) is 0 Å². The Labute approximate surface area is 110 Å². The largest absolute Gasteiger partial charge is 0.491 e. The molecule has 3 nitrogen and oxygen atoms in total. The molecule has 0 fully saturated rings. The zero-order valence-electron chi connectivity index (χ0n) is 11.9. The minimum absolute atomic E-state index is 0.102. The van der Waals surface area contributed by atoms with Crippen LogP contribution in [-0.4, -0.2) is 24.3 Å². The summed E-state index contributed by atoms with van der Waals surface area (Å²) in [6, 6.07) is 7.68. The molecule has 102 valence electrons. The van der Waals surface area contributed by atoms with Gasteiger partial charge in [0.05, 0.1) is 6.10 Å². The van der Waals surface area contributed by atoms with Gasteiger partial charge in [0.15, 0.2) is 0 Å². The molecule has 3 heteroatoms. The van der Waals surface area contributed by atoms with Crippen LogP contribution in [-0.2, 0) is 5.60 Å². The molecule has 1 rings (SSSR count). The van der Waals surface area contributed by atoms with Gasteiger partial charge >= 0.3 is 0 Å². The molecule has 0 heterocycles. The molecule has 0 radical (unpaired) electrons. The van der Waals surface area contributed by atoms with Gasteiger partial charge in [0.1, 0.15) is 11.4 Å². The van der Waals surface area contributed by atoms with Gasteiger partial charge in [-0.3, -0.25) is 0 Å². The number of aliphatic hydroxyl groups is 1. The summed E-state index contributed by atoms with van der Waals surface area (Å²) in [6.07, 6.45) is 1.16. The summed E-state index contributed by atoms with van der Waals surface area (Å²) in [5.41, 5.74) is -0.0806. The second-order valence-electron chi connectivity index (χ2n) is 5.11. The van der Waals surface area contributed by atoms with E-state index in [4.69, 9.17) is 4.74 Å². The SMILES string of the molecule is CCCNCC(C)(O)c1ccccc1OC(C)C. The molecule has 1 unspecified atom stereocenters. The van der Waals surface area contributed by atoms with Crippen LogP contribution >= 0.6 is 0 Å². The maximum atomic E-state index is 10.6. The van der Waals surface area contributed by atoms with E-state index in [0.29, 0.717) is 6.54 Å². The molecule has 1 aromatic rings. The van der Waals surface area contributed by atoms with Crippen molar-refractivity contribution < 1.29 is 9.84 Å². The first-order valence-electron chi connectivity index (χ1n) is 6.66. The summed E-state index contributed by atoms with van der Waals surface area (Å²) in [5, 5.41) is 13.8. The van der Waals surface area contributed by atoms with Crippen molar-refractivity contribution in [3.8, 4) is 5.75 Å². The number of benzene rings is 1. The van der Waals surface area contributed by atoms with Crippen molar-refractivity contribution in [2.24, 2.45) is 0 Å². The van der Waals surface area contributed by atoms with E-state index in [0.717, 1.165) is 24.3 Å². The van der Waals surface area contributed by atoms with Crippen molar-refractivity contribution in [2.75, 3.05) is 13.1 Å².